The highest BCUT2D eigenvalue weighted by Crippen LogP contribution is 2.55. The Morgan fingerprint density at radius 2 is 1.77 bits per heavy atom. The molecule has 7 heteroatoms. The van der Waals surface area contributed by atoms with Gasteiger partial charge in [-0.15, -0.1) is 24.4 Å². The zero-order valence-corrected chi connectivity index (χ0v) is 17.3. The predicted molar refractivity (Wildman–Crippen MR) is 106 cm³/mol. The summed E-state index contributed by atoms with van der Waals surface area (Å²) in [5, 5.41) is 2.36. The Kier molecular flexibility index (Phi) is 4.47. The van der Waals surface area contributed by atoms with E-state index in [2.05, 4.69) is 17.9 Å². The van der Waals surface area contributed by atoms with Crippen molar-refractivity contribution in [2.45, 2.75) is 61.7 Å². The van der Waals surface area contributed by atoms with Crippen LogP contribution in [0, 0.1) is 0 Å². The molecule has 2 heterocycles. The Labute approximate surface area is 163 Å². The van der Waals surface area contributed by atoms with Crippen LogP contribution >= 0.6 is 24.4 Å². The largest absolute Gasteiger partial charge is 0.339 e. The van der Waals surface area contributed by atoms with E-state index < -0.39 is 21.7 Å². The summed E-state index contributed by atoms with van der Waals surface area (Å²) >= 11 is 5.50. The maximum Gasteiger partial charge on any atom is 0.252 e. The third-order valence-electron chi connectivity index (χ3n) is 5.45. The van der Waals surface area contributed by atoms with Crippen LogP contribution < -0.4 is 5.32 Å². The van der Waals surface area contributed by atoms with Gasteiger partial charge in [-0.2, -0.15) is 0 Å². The Morgan fingerprint density at radius 3 is 2.31 bits per heavy atom. The molecule has 0 aromatic heterocycles. The standard InChI is InChI=1S/C19H24N2O3S2/c1-17(2,11-9-7-6-8-10-11)14(23)20-19(5)15(24)21-12(13(22)25)18(3,4)26-16(19)21/h6-10,12,16H,1-5H3,(H,20,23)(H,22,25)/t12-,16+,19?/m0/s1. The SMILES string of the molecule is CC(C)(C(=O)NC1(C)C(=O)N2[C@@H](C(=O)S)C(C)(C)S[C@@H]21)c1ccccc1. The number of benzene rings is 1. The van der Waals surface area contributed by atoms with Gasteiger partial charge in [0.05, 0.1) is 5.41 Å². The molecular formula is C19H24N2O3S2. The molecule has 0 aliphatic carbocycles. The van der Waals surface area contributed by atoms with E-state index in [1.165, 1.54) is 11.8 Å². The molecule has 0 radical (unpaired) electrons. The van der Waals surface area contributed by atoms with Crippen molar-refractivity contribution in [1.82, 2.24) is 10.2 Å². The summed E-state index contributed by atoms with van der Waals surface area (Å²) in [5.74, 6) is -0.441. The van der Waals surface area contributed by atoms with Gasteiger partial charge in [0.25, 0.3) is 5.91 Å². The third kappa shape index (κ3) is 2.67. The van der Waals surface area contributed by atoms with Crippen LogP contribution in [0.1, 0.15) is 40.2 Å². The number of rotatable bonds is 4. The first kappa shape index (κ1) is 19.3. The molecule has 1 unspecified atom stereocenters. The first-order valence-electron chi connectivity index (χ1n) is 8.54. The highest BCUT2D eigenvalue weighted by molar-refractivity contribution is 8.02. The number of nitrogens with one attached hydrogen (secondary N) is 1. The van der Waals surface area contributed by atoms with Crippen molar-refractivity contribution in [3.8, 4) is 0 Å². The summed E-state index contributed by atoms with van der Waals surface area (Å²) in [6, 6.07) is 8.90. The fourth-order valence-electron chi connectivity index (χ4n) is 3.72. The fourth-order valence-corrected chi connectivity index (χ4v) is 5.90. The lowest BCUT2D eigenvalue weighted by molar-refractivity contribution is -0.162. The van der Waals surface area contributed by atoms with Crippen molar-refractivity contribution >= 4 is 41.3 Å². The molecule has 140 valence electrons. The number of fused-ring (bicyclic) bond motifs is 1. The van der Waals surface area contributed by atoms with Crippen molar-refractivity contribution in [2.75, 3.05) is 0 Å². The smallest absolute Gasteiger partial charge is 0.252 e. The summed E-state index contributed by atoms with van der Waals surface area (Å²) in [6.07, 6.45) is 0. The highest BCUT2D eigenvalue weighted by Gasteiger charge is 2.69. The number of thioether (sulfide) groups is 1. The lowest BCUT2D eigenvalue weighted by atomic mass is 9.80. The van der Waals surface area contributed by atoms with E-state index in [9.17, 15) is 14.4 Å². The number of carbonyl (C=O) groups excluding carboxylic acids is 3. The van der Waals surface area contributed by atoms with Crippen LogP contribution in [0.15, 0.2) is 30.3 Å². The van der Waals surface area contributed by atoms with Gasteiger partial charge in [0.1, 0.15) is 17.0 Å². The first-order chi connectivity index (χ1) is 11.9. The summed E-state index contributed by atoms with van der Waals surface area (Å²) in [5.41, 5.74) is -0.918. The molecule has 1 aromatic rings. The number of nitrogens with zero attached hydrogens (tertiary/aromatic N) is 1. The van der Waals surface area contributed by atoms with E-state index in [4.69, 9.17) is 0 Å². The quantitative estimate of drug-likeness (QED) is 0.610. The second kappa shape index (κ2) is 6.02. The number of hydrogen-bond acceptors (Lipinski definition) is 4. The third-order valence-corrected chi connectivity index (χ3v) is 7.44. The molecule has 2 amide bonds. The molecule has 2 aliphatic rings. The van der Waals surface area contributed by atoms with Gasteiger partial charge in [0, 0.05) is 4.75 Å². The Hall–Kier alpha value is -1.47. The van der Waals surface area contributed by atoms with Crippen LogP contribution in [0.25, 0.3) is 0 Å². The van der Waals surface area contributed by atoms with Crippen LogP contribution in [-0.4, -0.2) is 43.5 Å². The second-order valence-corrected chi connectivity index (χ2v) is 10.3. The lowest BCUT2D eigenvalue weighted by Crippen LogP contribution is -2.78. The fraction of sp³-hybridized carbons (Fsp3) is 0.526. The van der Waals surface area contributed by atoms with Crippen LogP contribution in [-0.2, 0) is 19.8 Å². The minimum Gasteiger partial charge on any atom is -0.339 e. The van der Waals surface area contributed by atoms with Gasteiger partial charge in [-0.1, -0.05) is 30.3 Å². The summed E-state index contributed by atoms with van der Waals surface area (Å²) in [7, 11) is 0. The minimum atomic E-state index is -1.02. The van der Waals surface area contributed by atoms with E-state index in [0.29, 0.717) is 0 Å². The molecule has 2 aliphatic heterocycles. The zero-order chi connectivity index (χ0) is 19.5. The van der Waals surface area contributed by atoms with E-state index in [1.54, 1.807) is 11.8 Å². The molecule has 26 heavy (non-hydrogen) atoms. The highest BCUT2D eigenvalue weighted by atomic mass is 32.2. The molecule has 2 saturated heterocycles. The topological polar surface area (TPSA) is 66.5 Å². The molecule has 3 rings (SSSR count). The van der Waals surface area contributed by atoms with Crippen LogP contribution in [0.4, 0.5) is 0 Å². The molecule has 0 spiro atoms. The summed E-state index contributed by atoms with van der Waals surface area (Å²) < 4.78 is -0.448. The van der Waals surface area contributed by atoms with E-state index in [1.807, 2.05) is 58.0 Å². The first-order valence-corrected chi connectivity index (χ1v) is 9.87. The van der Waals surface area contributed by atoms with Gasteiger partial charge >= 0.3 is 0 Å². The lowest BCUT2D eigenvalue weighted by Gasteiger charge is -2.52. The summed E-state index contributed by atoms with van der Waals surface area (Å²) in [4.78, 5) is 39.4. The molecule has 0 saturated carbocycles. The van der Waals surface area contributed by atoms with Crippen LogP contribution in [0.3, 0.4) is 0 Å². The maximum atomic E-state index is 13.0. The summed E-state index contributed by atoms with van der Waals surface area (Å²) in [6.45, 7) is 9.28. The Balaban J connectivity index is 1.84. The second-order valence-electron chi connectivity index (χ2n) is 8.17. The van der Waals surface area contributed by atoms with Gasteiger partial charge < -0.3 is 10.2 Å². The average Bonchev–Trinajstić information content (AvgIpc) is 2.85. The normalized spacial score (nSPS) is 29.8. The minimum absolute atomic E-state index is 0.210. The van der Waals surface area contributed by atoms with Crippen molar-refractivity contribution in [1.29, 1.82) is 0 Å². The van der Waals surface area contributed by atoms with Gasteiger partial charge in [0.15, 0.2) is 0 Å². The number of thiol groups is 1. The van der Waals surface area contributed by atoms with E-state index in [0.717, 1.165) is 5.56 Å². The van der Waals surface area contributed by atoms with Crippen LogP contribution in [0.2, 0.25) is 0 Å². The molecule has 5 nitrogen and oxygen atoms in total. The van der Waals surface area contributed by atoms with Crippen molar-refractivity contribution < 1.29 is 14.4 Å². The van der Waals surface area contributed by atoms with Crippen molar-refractivity contribution in [3.63, 3.8) is 0 Å². The van der Waals surface area contributed by atoms with E-state index >= 15 is 0 Å². The maximum absolute atomic E-state index is 13.0. The van der Waals surface area contributed by atoms with Gasteiger partial charge in [0.2, 0.25) is 11.0 Å². The Morgan fingerprint density at radius 1 is 1.19 bits per heavy atom. The molecule has 3 atom stereocenters. The average molecular weight is 393 g/mol. The van der Waals surface area contributed by atoms with Crippen molar-refractivity contribution in [2.24, 2.45) is 0 Å². The van der Waals surface area contributed by atoms with Gasteiger partial charge in [-0.25, -0.2) is 0 Å². The number of carbonyl (C=O) groups is 3. The van der Waals surface area contributed by atoms with Crippen LogP contribution in [0.5, 0.6) is 0 Å². The van der Waals surface area contributed by atoms with Gasteiger partial charge in [-0.05, 0) is 40.2 Å². The van der Waals surface area contributed by atoms with Gasteiger partial charge in [-0.3, -0.25) is 14.4 Å². The molecule has 0 bridgehead atoms. The van der Waals surface area contributed by atoms with E-state index in [-0.39, 0.29) is 22.3 Å². The molecular weight excluding hydrogens is 368 g/mol. The monoisotopic (exact) mass is 392 g/mol. The number of hydrogen-bond donors (Lipinski definition) is 2. The molecule has 1 aromatic carbocycles. The number of β-lactam (4-membered cyclic amide) rings is 1. The number of amides is 2. The predicted octanol–water partition coefficient (Wildman–Crippen LogP) is 2.36. The zero-order valence-electron chi connectivity index (χ0n) is 15.6. The molecule has 1 N–H and O–H groups in total. The van der Waals surface area contributed by atoms with Crippen molar-refractivity contribution in [3.05, 3.63) is 35.9 Å². The Bertz CT molecular complexity index is 778. The molecule has 2 fully saturated rings.